The molecule has 0 atom stereocenters. The number of hydrogen-bond donors (Lipinski definition) is 2. The van der Waals surface area contributed by atoms with Gasteiger partial charge in [0.15, 0.2) is 5.13 Å². The van der Waals surface area contributed by atoms with Crippen LogP contribution in [0.4, 0.5) is 5.13 Å². The topological polar surface area (TPSA) is 59.0 Å². The molecule has 2 aromatic heterocycles. The Bertz CT molecular complexity index is 777. The Kier molecular flexibility index (Phi) is 4.39. The molecule has 3 rings (SSSR count). The van der Waals surface area contributed by atoms with Crippen molar-refractivity contribution in [3.05, 3.63) is 47.6 Å². The molecule has 0 saturated carbocycles. The van der Waals surface area contributed by atoms with E-state index in [1.807, 2.05) is 12.1 Å². The third-order valence-corrected chi connectivity index (χ3v) is 4.35. The highest BCUT2D eigenvalue weighted by atomic mass is 32.1. The van der Waals surface area contributed by atoms with E-state index >= 15 is 0 Å². The van der Waals surface area contributed by atoms with Crippen LogP contribution in [0.1, 0.15) is 16.9 Å². The maximum atomic E-state index is 11.9. The van der Waals surface area contributed by atoms with Crippen molar-refractivity contribution in [3.63, 3.8) is 0 Å². The number of fused-ring (bicyclic) bond motifs is 1. The molecular weight excluding hydrogens is 296 g/mol. The van der Waals surface area contributed by atoms with Crippen LogP contribution in [0.15, 0.2) is 41.9 Å². The largest absolute Gasteiger partial charge is 0.365 e. The molecule has 6 heteroatoms. The molecule has 1 aromatic carbocycles. The first-order chi connectivity index (χ1) is 10.8. The predicted molar refractivity (Wildman–Crippen MR) is 90.5 cm³/mol. The lowest BCUT2D eigenvalue weighted by atomic mass is 10.2. The number of thiazole rings is 1. The minimum atomic E-state index is -0.116. The number of anilines is 1. The first-order valence-corrected chi connectivity index (χ1v) is 8.11. The zero-order chi connectivity index (χ0) is 15.4. The lowest BCUT2D eigenvalue weighted by molar-refractivity contribution is 0.0948. The lowest BCUT2D eigenvalue weighted by Gasteiger charge is -2.06. The Morgan fingerprint density at radius 3 is 3.00 bits per heavy atom. The van der Waals surface area contributed by atoms with E-state index in [2.05, 4.69) is 44.6 Å². The smallest absolute Gasteiger partial charge is 0.270 e. The lowest BCUT2D eigenvalue weighted by Crippen LogP contribution is -2.25. The molecular formula is C16H18N4OS. The summed E-state index contributed by atoms with van der Waals surface area (Å²) in [5, 5.41) is 9.60. The van der Waals surface area contributed by atoms with Crippen molar-refractivity contribution in [3.8, 4) is 0 Å². The van der Waals surface area contributed by atoms with Gasteiger partial charge in [0, 0.05) is 37.2 Å². The van der Waals surface area contributed by atoms with E-state index in [4.69, 9.17) is 0 Å². The van der Waals surface area contributed by atoms with Crippen molar-refractivity contribution in [1.29, 1.82) is 0 Å². The summed E-state index contributed by atoms with van der Waals surface area (Å²) in [7, 11) is 1.79. The normalized spacial score (nSPS) is 10.8. The van der Waals surface area contributed by atoms with Gasteiger partial charge in [0.2, 0.25) is 0 Å². The third-order valence-electron chi connectivity index (χ3n) is 3.49. The van der Waals surface area contributed by atoms with E-state index in [0.717, 1.165) is 18.1 Å². The second-order valence-electron chi connectivity index (χ2n) is 4.97. The monoisotopic (exact) mass is 314 g/mol. The van der Waals surface area contributed by atoms with Gasteiger partial charge in [-0.25, -0.2) is 4.98 Å². The van der Waals surface area contributed by atoms with Crippen LogP contribution in [-0.4, -0.2) is 29.1 Å². The van der Waals surface area contributed by atoms with E-state index in [0.29, 0.717) is 12.2 Å². The first kappa shape index (κ1) is 14.6. The number of nitrogens with zero attached hydrogens (tertiary/aromatic N) is 2. The fourth-order valence-corrected chi connectivity index (χ4v) is 3.02. The van der Waals surface area contributed by atoms with E-state index in [-0.39, 0.29) is 5.91 Å². The number of aryl methyl sites for hydroxylation is 1. The average Bonchev–Trinajstić information content (AvgIpc) is 3.18. The Labute approximate surface area is 133 Å². The van der Waals surface area contributed by atoms with Gasteiger partial charge < -0.3 is 15.2 Å². The third kappa shape index (κ3) is 3.12. The molecule has 0 unspecified atom stereocenters. The molecule has 0 aliphatic rings. The maximum Gasteiger partial charge on any atom is 0.270 e. The molecule has 22 heavy (non-hydrogen) atoms. The standard InChI is InChI=1S/C16H18N4OS/c1-17-16-19-13(11-22-16)15(21)18-8-4-9-20-10-7-12-5-2-3-6-14(12)20/h2-3,5-7,10-11H,4,8-9H2,1H3,(H,17,19)(H,18,21). The summed E-state index contributed by atoms with van der Waals surface area (Å²) in [4.78, 5) is 16.1. The van der Waals surface area contributed by atoms with Crippen LogP contribution >= 0.6 is 11.3 Å². The highest BCUT2D eigenvalue weighted by Gasteiger charge is 2.09. The highest BCUT2D eigenvalue weighted by molar-refractivity contribution is 7.13. The van der Waals surface area contributed by atoms with Crippen LogP contribution in [0, 0.1) is 0 Å². The van der Waals surface area contributed by atoms with Gasteiger partial charge in [0.1, 0.15) is 5.69 Å². The first-order valence-electron chi connectivity index (χ1n) is 7.23. The summed E-state index contributed by atoms with van der Waals surface area (Å²) < 4.78 is 2.21. The second kappa shape index (κ2) is 6.62. The Hall–Kier alpha value is -2.34. The van der Waals surface area contributed by atoms with Crippen LogP contribution < -0.4 is 10.6 Å². The molecule has 114 valence electrons. The Morgan fingerprint density at radius 2 is 2.18 bits per heavy atom. The van der Waals surface area contributed by atoms with Gasteiger partial charge in [-0.15, -0.1) is 11.3 Å². The number of hydrogen-bond acceptors (Lipinski definition) is 4. The number of carbonyl (C=O) groups excluding carboxylic acids is 1. The Morgan fingerprint density at radius 1 is 1.32 bits per heavy atom. The minimum absolute atomic E-state index is 0.116. The molecule has 1 amide bonds. The van der Waals surface area contributed by atoms with Gasteiger partial charge in [-0.05, 0) is 23.9 Å². The van der Waals surface area contributed by atoms with Crippen molar-refractivity contribution in [1.82, 2.24) is 14.9 Å². The van der Waals surface area contributed by atoms with Gasteiger partial charge >= 0.3 is 0 Å². The number of nitrogens with one attached hydrogen (secondary N) is 2. The zero-order valence-corrected chi connectivity index (χ0v) is 13.2. The van der Waals surface area contributed by atoms with Crippen LogP contribution in [0.25, 0.3) is 10.9 Å². The van der Waals surface area contributed by atoms with Gasteiger partial charge in [0.05, 0.1) is 0 Å². The number of rotatable bonds is 6. The SMILES string of the molecule is CNc1nc(C(=O)NCCCn2ccc3ccccc32)cs1. The average molecular weight is 314 g/mol. The molecule has 2 N–H and O–H groups in total. The fourth-order valence-electron chi connectivity index (χ4n) is 2.37. The van der Waals surface area contributed by atoms with E-state index in [1.165, 1.54) is 22.2 Å². The highest BCUT2D eigenvalue weighted by Crippen LogP contribution is 2.15. The van der Waals surface area contributed by atoms with E-state index < -0.39 is 0 Å². The quantitative estimate of drug-likeness (QED) is 0.688. The van der Waals surface area contributed by atoms with Crippen molar-refractivity contribution in [2.24, 2.45) is 0 Å². The maximum absolute atomic E-state index is 11.9. The molecule has 0 aliphatic heterocycles. The molecule has 0 radical (unpaired) electrons. The van der Waals surface area contributed by atoms with E-state index in [9.17, 15) is 4.79 Å². The molecule has 5 nitrogen and oxygen atoms in total. The molecule has 0 bridgehead atoms. The van der Waals surface area contributed by atoms with Gasteiger partial charge in [-0.3, -0.25) is 4.79 Å². The van der Waals surface area contributed by atoms with Gasteiger partial charge in [0.25, 0.3) is 5.91 Å². The molecule has 0 fully saturated rings. The zero-order valence-electron chi connectivity index (χ0n) is 12.4. The molecule has 2 heterocycles. The van der Waals surface area contributed by atoms with Crippen LogP contribution in [-0.2, 0) is 6.54 Å². The Balaban J connectivity index is 1.50. The summed E-state index contributed by atoms with van der Waals surface area (Å²) in [6.45, 7) is 1.52. The minimum Gasteiger partial charge on any atom is -0.365 e. The van der Waals surface area contributed by atoms with Gasteiger partial charge in [-0.2, -0.15) is 0 Å². The van der Waals surface area contributed by atoms with Crippen molar-refractivity contribution >= 4 is 33.3 Å². The van der Waals surface area contributed by atoms with Crippen LogP contribution in [0.3, 0.4) is 0 Å². The number of benzene rings is 1. The van der Waals surface area contributed by atoms with Crippen LogP contribution in [0.2, 0.25) is 0 Å². The summed E-state index contributed by atoms with van der Waals surface area (Å²) in [6.07, 6.45) is 2.97. The summed E-state index contributed by atoms with van der Waals surface area (Å²) >= 11 is 1.43. The summed E-state index contributed by atoms with van der Waals surface area (Å²) in [6, 6.07) is 10.4. The summed E-state index contributed by atoms with van der Waals surface area (Å²) in [5.74, 6) is -0.116. The summed E-state index contributed by atoms with van der Waals surface area (Å²) in [5.41, 5.74) is 1.70. The van der Waals surface area contributed by atoms with Crippen LogP contribution in [0.5, 0.6) is 0 Å². The van der Waals surface area contributed by atoms with Crippen molar-refractivity contribution in [2.45, 2.75) is 13.0 Å². The molecule has 0 aliphatic carbocycles. The number of para-hydroxylation sites is 1. The van der Waals surface area contributed by atoms with E-state index in [1.54, 1.807) is 12.4 Å². The number of carbonyl (C=O) groups is 1. The predicted octanol–water partition coefficient (Wildman–Crippen LogP) is 2.96. The van der Waals surface area contributed by atoms with Crippen molar-refractivity contribution < 1.29 is 4.79 Å². The molecule has 3 aromatic rings. The fraction of sp³-hybridized carbons (Fsp3) is 0.250. The van der Waals surface area contributed by atoms with Gasteiger partial charge in [-0.1, -0.05) is 18.2 Å². The number of amides is 1. The second-order valence-corrected chi connectivity index (χ2v) is 5.82. The molecule has 0 spiro atoms. The molecule has 0 saturated heterocycles. The van der Waals surface area contributed by atoms with Crippen molar-refractivity contribution in [2.75, 3.05) is 18.9 Å². The number of aromatic nitrogens is 2.